The fraction of sp³-hybridized carbons (Fsp3) is 0.176. The normalized spacial score (nSPS) is 14.2. The van der Waals surface area contributed by atoms with Crippen molar-refractivity contribution in [1.29, 1.82) is 0 Å². The van der Waals surface area contributed by atoms with Gasteiger partial charge in [0.25, 0.3) is 5.91 Å². The SMILES string of the molecule is O=C(NC1CC1)c1nc2ccccn2c1-c1ccc(Cl)cc1. The molecule has 110 valence electrons. The third-order valence-electron chi connectivity index (χ3n) is 3.78. The first-order valence-electron chi connectivity index (χ1n) is 7.26. The van der Waals surface area contributed by atoms with E-state index >= 15 is 0 Å². The molecule has 1 N–H and O–H groups in total. The van der Waals surface area contributed by atoms with E-state index < -0.39 is 0 Å². The van der Waals surface area contributed by atoms with Crippen molar-refractivity contribution in [3.05, 3.63) is 59.4 Å². The largest absolute Gasteiger partial charge is 0.348 e. The average molecular weight is 312 g/mol. The van der Waals surface area contributed by atoms with Crippen molar-refractivity contribution in [2.75, 3.05) is 0 Å². The first-order valence-corrected chi connectivity index (χ1v) is 7.64. The lowest BCUT2D eigenvalue weighted by Crippen LogP contribution is -2.26. The van der Waals surface area contributed by atoms with Gasteiger partial charge in [0, 0.05) is 22.8 Å². The number of halogens is 1. The summed E-state index contributed by atoms with van der Waals surface area (Å²) in [6.07, 6.45) is 4.02. The van der Waals surface area contributed by atoms with Crippen LogP contribution in [0, 0.1) is 0 Å². The zero-order chi connectivity index (χ0) is 15.1. The van der Waals surface area contributed by atoms with Gasteiger partial charge in [-0.15, -0.1) is 0 Å². The van der Waals surface area contributed by atoms with Crippen LogP contribution < -0.4 is 5.32 Å². The zero-order valence-corrected chi connectivity index (χ0v) is 12.5. The molecule has 22 heavy (non-hydrogen) atoms. The lowest BCUT2D eigenvalue weighted by atomic mass is 10.1. The van der Waals surface area contributed by atoms with Gasteiger partial charge in [-0.1, -0.05) is 29.8 Å². The highest BCUT2D eigenvalue weighted by Crippen LogP contribution is 2.27. The van der Waals surface area contributed by atoms with Crippen LogP contribution in [-0.4, -0.2) is 21.3 Å². The zero-order valence-electron chi connectivity index (χ0n) is 11.8. The Kier molecular flexibility index (Phi) is 3.12. The lowest BCUT2D eigenvalue weighted by Gasteiger charge is -2.06. The van der Waals surface area contributed by atoms with Gasteiger partial charge in [-0.25, -0.2) is 4.98 Å². The molecule has 1 aromatic carbocycles. The molecule has 3 aromatic rings. The van der Waals surface area contributed by atoms with Crippen LogP contribution in [0.5, 0.6) is 0 Å². The number of hydrogen-bond acceptors (Lipinski definition) is 2. The van der Waals surface area contributed by atoms with Crippen LogP contribution in [0.4, 0.5) is 0 Å². The van der Waals surface area contributed by atoms with Crippen molar-refractivity contribution in [1.82, 2.24) is 14.7 Å². The van der Waals surface area contributed by atoms with Crippen LogP contribution in [0.1, 0.15) is 23.3 Å². The van der Waals surface area contributed by atoms with Crippen molar-refractivity contribution in [3.8, 4) is 11.3 Å². The van der Waals surface area contributed by atoms with Crippen LogP contribution >= 0.6 is 11.6 Å². The van der Waals surface area contributed by atoms with Gasteiger partial charge in [-0.2, -0.15) is 0 Å². The number of aromatic nitrogens is 2. The minimum Gasteiger partial charge on any atom is -0.348 e. The summed E-state index contributed by atoms with van der Waals surface area (Å²) in [5.41, 5.74) is 2.93. The predicted octanol–water partition coefficient (Wildman–Crippen LogP) is 3.55. The molecule has 0 radical (unpaired) electrons. The van der Waals surface area contributed by atoms with Crippen molar-refractivity contribution in [2.45, 2.75) is 18.9 Å². The average Bonchev–Trinajstić information content (AvgIpc) is 3.25. The highest BCUT2D eigenvalue weighted by atomic mass is 35.5. The van der Waals surface area contributed by atoms with Gasteiger partial charge in [-0.05, 0) is 37.1 Å². The Labute approximate surface area is 132 Å². The predicted molar refractivity (Wildman–Crippen MR) is 86.1 cm³/mol. The molecule has 1 amide bonds. The van der Waals surface area contributed by atoms with Gasteiger partial charge >= 0.3 is 0 Å². The second-order valence-corrected chi connectivity index (χ2v) is 5.93. The molecule has 5 heteroatoms. The number of hydrogen-bond donors (Lipinski definition) is 1. The Balaban J connectivity index is 1.89. The van der Waals surface area contributed by atoms with E-state index in [9.17, 15) is 4.79 Å². The van der Waals surface area contributed by atoms with E-state index in [0.717, 1.165) is 29.7 Å². The molecule has 1 aliphatic carbocycles. The standard InChI is InChI=1S/C17H14ClN3O/c18-12-6-4-11(5-7-12)16-15(17(22)19-13-8-9-13)20-14-3-1-2-10-21(14)16/h1-7,10,13H,8-9H2,(H,19,22). The highest BCUT2D eigenvalue weighted by Gasteiger charge is 2.27. The maximum Gasteiger partial charge on any atom is 0.272 e. The monoisotopic (exact) mass is 311 g/mol. The molecule has 0 atom stereocenters. The number of pyridine rings is 1. The molecular weight excluding hydrogens is 298 g/mol. The summed E-state index contributed by atoms with van der Waals surface area (Å²) in [7, 11) is 0. The molecule has 4 rings (SSSR count). The van der Waals surface area contributed by atoms with Crippen LogP contribution in [0.25, 0.3) is 16.9 Å². The van der Waals surface area contributed by atoms with E-state index in [1.165, 1.54) is 0 Å². The summed E-state index contributed by atoms with van der Waals surface area (Å²) in [5.74, 6) is -0.115. The third kappa shape index (κ3) is 2.35. The van der Waals surface area contributed by atoms with Crippen LogP contribution in [0.3, 0.4) is 0 Å². The molecule has 2 heterocycles. The molecular formula is C17H14ClN3O. The topological polar surface area (TPSA) is 46.4 Å². The Morgan fingerprint density at radius 1 is 1.18 bits per heavy atom. The van der Waals surface area contributed by atoms with Crippen molar-refractivity contribution in [2.24, 2.45) is 0 Å². The van der Waals surface area contributed by atoms with E-state index in [2.05, 4.69) is 10.3 Å². The summed E-state index contributed by atoms with van der Waals surface area (Å²) < 4.78 is 1.94. The quantitative estimate of drug-likeness (QED) is 0.804. The Morgan fingerprint density at radius 2 is 1.95 bits per heavy atom. The number of rotatable bonds is 3. The van der Waals surface area contributed by atoms with Crippen molar-refractivity contribution in [3.63, 3.8) is 0 Å². The van der Waals surface area contributed by atoms with Crippen molar-refractivity contribution >= 4 is 23.2 Å². The fourth-order valence-corrected chi connectivity index (χ4v) is 2.65. The number of carbonyl (C=O) groups is 1. The summed E-state index contributed by atoms with van der Waals surface area (Å²) in [5, 5.41) is 3.68. The molecule has 4 nitrogen and oxygen atoms in total. The van der Waals surface area contributed by atoms with E-state index in [0.29, 0.717) is 16.8 Å². The lowest BCUT2D eigenvalue weighted by molar-refractivity contribution is 0.0947. The molecule has 1 fully saturated rings. The number of imidazole rings is 1. The van der Waals surface area contributed by atoms with Gasteiger partial charge in [-0.3, -0.25) is 9.20 Å². The van der Waals surface area contributed by atoms with Gasteiger partial charge in [0.1, 0.15) is 5.65 Å². The van der Waals surface area contributed by atoms with Crippen LogP contribution in [0.15, 0.2) is 48.7 Å². The molecule has 0 saturated heterocycles. The molecule has 0 unspecified atom stereocenters. The maximum atomic E-state index is 12.5. The second-order valence-electron chi connectivity index (χ2n) is 5.49. The Bertz CT molecular complexity index is 850. The molecule has 1 aliphatic rings. The van der Waals surface area contributed by atoms with Gasteiger partial charge in [0.05, 0.1) is 5.69 Å². The van der Waals surface area contributed by atoms with Crippen molar-refractivity contribution < 1.29 is 4.79 Å². The highest BCUT2D eigenvalue weighted by molar-refractivity contribution is 6.30. The molecule has 0 aliphatic heterocycles. The van der Waals surface area contributed by atoms with E-state index in [1.54, 1.807) is 0 Å². The van der Waals surface area contributed by atoms with E-state index in [1.807, 2.05) is 53.1 Å². The number of nitrogens with one attached hydrogen (secondary N) is 1. The maximum absolute atomic E-state index is 12.5. The Hall–Kier alpha value is -2.33. The third-order valence-corrected chi connectivity index (χ3v) is 4.03. The Morgan fingerprint density at radius 3 is 2.68 bits per heavy atom. The second kappa shape index (κ2) is 5.14. The number of nitrogens with zero attached hydrogens (tertiary/aromatic N) is 2. The molecule has 0 bridgehead atoms. The summed E-state index contributed by atoms with van der Waals surface area (Å²) >= 11 is 5.97. The molecule has 2 aromatic heterocycles. The fourth-order valence-electron chi connectivity index (χ4n) is 2.52. The number of fused-ring (bicyclic) bond motifs is 1. The molecule has 1 saturated carbocycles. The van der Waals surface area contributed by atoms with Gasteiger partial charge in [0.2, 0.25) is 0 Å². The van der Waals surface area contributed by atoms with E-state index in [-0.39, 0.29) is 5.91 Å². The number of amides is 1. The summed E-state index contributed by atoms with van der Waals surface area (Å²) in [6, 6.07) is 13.5. The minimum absolute atomic E-state index is 0.115. The number of carbonyl (C=O) groups excluding carboxylic acids is 1. The summed E-state index contributed by atoms with van der Waals surface area (Å²) in [4.78, 5) is 17.0. The minimum atomic E-state index is -0.115. The van der Waals surface area contributed by atoms with Gasteiger partial charge < -0.3 is 5.32 Å². The van der Waals surface area contributed by atoms with Crippen LogP contribution in [-0.2, 0) is 0 Å². The first kappa shape index (κ1) is 13.3. The van der Waals surface area contributed by atoms with E-state index in [4.69, 9.17) is 11.6 Å². The first-order chi connectivity index (χ1) is 10.7. The summed E-state index contributed by atoms with van der Waals surface area (Å²) in [6.45, 7) is 0. The van der Waals surface area contributed by atoms with Gasteiger partial charge in [0.15, 0.2) is 5.69 Å². The number of benzene rings is 1. The molecule has 0 spiro atoms. The smallest absolute Gasteiger partial charge is 0.272 e. The van der Waals surface area contributed by atoms with Crippen LogP contribution in [0.2, 0.25) is 5.02 Å².